The van der Waals surface area contributed by atoms with Crippen molar-refractivity contribution in [2.24, 2.45) is 0 Å². The van der Waals surface area contributed by atoms with Crippen LogP contribution < -0.4 is 14.9 Å². The standard InChI is InChI=1S/C27H32N8O4S/c1-33(40(2,36)37)21-11-8-19(17-29-21)23-24-26(35(27(28)31-24)22-5-3-4-14-39-22)32-25(30-23)18-6-9-20(10-7-18)34-12-15-38-16-13-34/h6-11,17,22H,3-5,12-16H2,1-2H3,(H2,28,31). The van der Waals surface area contributed by atoms with E-state index in [1.165, 1.54) is 7.05 Å². The number of aromatic nitrogens is 5. The minimum Gasteiger partial charge on any atom is -0.378 e. The first-order chi connectivity index (χ1) is 19.3. The van der Waals surface area contributed by atoms with Gasteiger partial charge in [-0.1, -0.05) is 0 Å². The molecule has 40 heavy (non-hydrogen) atoms. The van der Waals surface area contributed by atoms with E-state index in [4.69, 9.17) is 25.2 Å². The Balaban J connectivity index is 1.46. The largest absolute Gasteiger partial charge is 0.378 e. The fourth-order valence-electron chi connectivity index (χ4n) is 5.06. The third-order valence-electron chi connectivity index (χ3n) is 7.35. The molecule has 1 atom stereocenters. The molecule has 210 valence electrons. The summed E-state index contributed by atoms with van der Waals surface area (Å²) in [6, 6.07) is 11.6. The third-order valence-corrected chi connectivity index (χ3v) is 8.54. The molecule has 2 N–H and O–H groups in total. The molecule has 2 aliphatic heterocycles. The minimum absolute atomic E-state index is 0.262. The molecular formula is C27H32N8O4S. The van der Waals surface area contributed by atoms with Gasteiger partial charge in [-0.25, -0.2) is 28.4 Å². The Kier molecular flexibility index (Phi) is 7.02. The number of imidazole rings is 1. The SMILES string of the molecule is CN(c1ccc(-c2nc(-c3ccc(N4CCOCC4)cc3)nc3c2nc(N)n3C2CCCCO2)cn1)S(C)(=O)=O. The van der Waals surface area contributed by atoms with E-state index in [9.17, 15) is 8.42 Å². The van der Waals surface area contributed by atoms with Crippen LogP contribution in [-0.4, -0.2) is 79.1 Å². The summed E-state index contributed by atoms with van der Waals surface area (Å²) in [7, 11) is -1.98. The van der Waals surface area contributed by atoms with E-state index >= 15 is 0 Å². The maximum absolute atomic E-state index is 12.0. The van der Waals surface area contributed by atoms with Crippen LogP contribution in [0.2, 0.25) is 0 Å². The van der Waals surface area contributed by atoms with Gasteiger partial charge >= 0.3 is 0 Å². The van der Waals surface area contributed by atoms with Crippen molar-refractivity contribution in [3.8, 4) is 22.6 Å². The zero-order valence-electron chi connectivity index (χ0n) is 22.5. The summed E-state index contributed by atoms with van der Waals surface area (Å²) >= 11 is 0. The summed E-state index contributed by atoms with van der Waals surface area (Å²) in [6.07, 6.45) is 5.31. The van der Waals surface area contributed by atoms with Crippen molar-refractivity contribution in [1.82, 2.24) is 24.5 Å². The number of nitrogens with two attached hydrogens (primary N) is 1. The Morgan fingerprint density at radius 1 is 0.975 bits per heavy atom. The predicted molar refractivity (Wildman–Crippen MR) is 154 cm³/mol. The second-order valence-corrected chi connectivity index (χ2v) is 12.0. The number of anilines is 3. The van der Waals surface area contributed by atoms with Crippen LogP contribution >= 0.6 is 0 Å². The van der Waals surface area contributed by atoms with Gasteiger partial charge in [-0.05, 0) is 55.7 Å². The molecule has 5 heterocycles. The number of benzene rings is 1. The molecule has 0 saturated carbocycles. The number of pyridine rings is 1. The average molecular weight is 565 g/mol. The van der Waals surface area contributed by atoms with Crippen molar-refractivity contribution in [2.45, 2.75) is 25.5 Å². The van der Waals surface area contributed by atoms with Crippen molar-refractivity contribution in [1.29, 1.82) is 0 Å². The summed E-state index contributed by atoms with van der Waals surface area (Å²) in [5, 5.41) is 0. The maximum atomic E-state index is 12.0. The number of fused-ring (bicyclic) bond motifs is 1. The van der Waals surface area contributed by atoms with E-state index in [0.29, 0.717) is 59.8 Å². The lowest BCUT2D eigenvalue weighted by atomic mass is 10.1. The predicted octanol–water partition coefficient (Wildman–Crippen LogP) is 3.07. The van der Waals surface area contributed by atoms with Crippen LogP contribution in [0.15, 0.2) is 42.6 Å². The van der Waals surface area contributed by atoms with Crippen LogP contribution in [0, 0.1) is 0 Å². The van der Waals surface area contributed by atoms with Gasteiger partial charge in [-0.3, -0.25) is 8.87 Å². The molecule has 2 fully saturated rings. The summed E-state index contributed by atoms with van der Waals surface area (Å²) in [4.78, 5) is 21.2. The lowest BCUT2D eigenvalue weighted by Gasteiger charge is -2.28. The van der Waals surface area contributed by atoms with Crippen LogP contribution in [0.5, 0.6) is 0 Å². The van der Waals surface area contributed by atoms with Gasteiger partial charge in [0.05, 0.1) is 19.5 Å². The quantitative estimate of drug-likeness (QED) is 0.371. The second kappa shape index (κ2) is 10.6. The highest BCUT2D eigenvalue weighted by atomic mass is 32.2. The number of nitrogens with zero attached hydrogens (tertiary/aromatic N) is 7. The van der Waals surface area contributed by atoms with Gasteiger partial charge in [0.25, 0.3) is 0 Å². The first kappa shape index (κ1) is 26.4. The highest BCUT2D eigenvalue weighted by Crippen LogP contribution is 2.35. The molecule has 1 aromatic carbocycles. The van der Waals surface area contributed by atoms with Crippen molar-refractivity contribution in [3.05, 3.63) is 42.6 Å². The minimum atomic E-state index is -3.45. The lowest BCUT2D eigenvalue weighted by molar-refractivity contribution is -0.0284. The Morgan fingerprint density at radius 3 is 2.38 bits per heavy atom. The first-order valence-corrected chi connectivity index (χ1v) is 15.1. The van der Waals surface area contributed by atoms with E-state index in [1.807, 2.05) is 16.7 Å². The smallest absolute Gasteiger partial charge is 0.233 e. The molecule has 0 aliphatic carbocycles. The first-order valence-electron chi connectivity index (χ1n) is 13.3. The highest BCUT2D eigenvalue weighted by Gasteiger charge is 2.26. The monoisotopic (exact) mass is 564 g/mol. The molecule has 2 saturated heterocycles. The van der Waals surface area contributed by atoms with Crippen LogP contribution in [0.3, 0.4) is 0 Å². The van der Waals surface area contributed by atoms with E-state index in [1.54, 1.807) is 18.3 Å². The van der Waals surface area contributed by atoms with Crippen molar-refractivity contribution in [3.63, 3.8) is 0 Å². The van der Waals surface area contributed by atoms with Crippen LogP contribution in [-0.2, 0) is 19.5 Å². The Hall–Kier alpha value is -3.81. The van der Waals surface area contributed by atoms with E-state index < -0.39 is 10.0 Å². The Morgan fingerprint density at radius 2 is 1.73 bits per heavy atom. The molecule has 0 bridgehead atoms. The molecule has 12 nitrogen and oxygen atoms in total. The molecular weight excluding hydrogens is 532 g/mol. The van der Waals surface area contributed by atoms with E-state index in [-0.39, 0.29) is 6.23 Å². The van der Waals surface area contributed by atoms with E-state index in [2.05, 4.69) is 27.0 Å². The van der Waals surface area contributed by atoms with Gasteiger partial charge in [-0.15, -0.1) is 0 Å². The Bertz CT molecular complexity index is 1610. The molecule has 0 amide bonds. The van der Waals surface area contributed by atoms with Crippen LogP contribution in [0.25, 0.3) is 33.8 Å². The lowest BCUT2D eigenvalue weighted by Crippen LogP contribution is -2.36. The van der Waals surface area contributed by atoms with E-state index in [0.717, 1.165) is 54.2 Å². The summed E-state index contributed by atoms with van der Waals surface area (Å²) in [5.41, 5.74) is 10.7. The van der Waals surface area contributed by atoms with Gasteiger partial charge in [0.2, 0.25) is 16.0 Å². The molecule has 1 unspecified atom stereocenters. The number of morpholine rings is 1. The molecule has 0 radical (unpaired) electrons. The summed E-state index contributed by atoms with van der Waals surface area (Å²) < 4.78 is 38.5. The van der Waals surface area contributed by atoms with Crippen molar-refractivity contribution < 1.29 is 17.9 Å². The fourth-order valence-corrected chi connectivity index (χ4v) is 5.51. The van der Waals surface area contributed by atoms with Crippen LogP contribution in [0.4, 0.5) is 17.5 Å². The van der Waals surface area contributed by atoms with Gasteiger partial charge in [0.15, 0.2) is 11.5 Å². The normalized spacial score (nSPS) is 18.2. The number of ether oxygens (including phenoxy) is 2. The number of hydrogen-bond donors (Lipinski definition) is 1. The van der Waals surface area contributed by atoms with Crippen molar-refractivity contribution >= 4 is 38.6 Å². The molecule has 13 heteroatoms. The van der Waals surface area contributed by atoms with Gasteiger partial charge in [0.1, 0.15) is 23.3 Å². The Labute approximate surface area is 232 Å². The zero-order chi connectivity index (χ0) is 27.9. The molecule has 0 spiro atoms. The summed E-state index contributed by atoms with van der Waals surface area (Å²) in [5.74, 6) is 1.13. The van der Waals surface area contributed by atoms with Crippen molar-refractivity contribution in [2.75, 3.05) is 61.2 Å². The highest BCUT2D eigenvalue weighted by molar-refractivity contribution is 7.92. The van der Waals surface area contributed by atoms with Gasteiger partial charge < -0.3 is 20.1 Å². The third kappa shape index (κ3) is 5.07. The number of nitrogen functional groups attached to an aromatic ring is 1. The summed E-state index contributed by atoms with van der Waals surface area (Å²) in [6.45, 7) is 3.78. The van der Waals surface area contributed by atoms with Gasteiger partial charge in [0, 0.05) is 49.8 Å². The average Bonchev–Trinajstić information content (AvgIpc) is 3.32. The molecule has 6 rings (SSSR count). The zero-order valence-corrected chi connectivity index (χ0v) is 23.3. The fraction of sp³-hybridized carbons (Fsp3) is 0.407. The topological polar surface area (TPSA) is 142 Å². The van der Waals surface area contributed by atoms with Gasteiger partial charge in [-0.2, -0.15) is 0 Å². The van der Waals surface area contributed by atoms with Crippen LogP contribution in [0.1, 0.15) is 25.5 Å². The number of rotatable bonds is 6. The molecule has 2 aliphatic rings. The number of hydrogen-bond acceptors (Lipinski definition) is 10. The second-order valence-electron chi connectivity index (χ2n) is 10.0. The number of sulfonamides is 1. The molecule has 4 aromatic rings. The molecule has 3 aromatic heterocycles. The maximum Gasteiger partial charge on any atom is 0.233 e.